The highest BCUT2D eigenvalue weighted by atomic mass is 32.1. The molecule has 2 aromatic heterocycles. The van der Waals surface area contributed by atoms with E-state index in [0.717, 1.165) is 5.52 Å². The second-order valence-electron chi connectivity index (χ2n) is 4.61. The number of thiol groups is 1. The lowest BCUT2D eigenvalue weighted by Gasteiger charge is -2.11. The van der Waals surface area contributed by atoms with Gasteiger partial charge in [0.15, 0.2) is 4.77 Å². The van der Waals surface area contributed by atoms with Crippen molar-refractivity contribution in [2.24, 2.45) is 0 Å². The van der Waals surface area contributed by atoms with Crippen LogP contribution in [0.4, 0.5) is 0 Å². The van der Waals surface area contributed by atoms with Gasteiger partial charge in [-0.2, -0.15) is 0 Å². The molecule has 8 heteroatoms. The Morgan fingerprint density at radius 1 is 1.50 bits per heavy atom. The molecule has 0 atom stereocenters. The molecule has 0 radical (unpaired) electrons. The molecule has 0 fully saturated rings. The topological polar surface area (TPSA) is 61.2 Å². The van der Waals surface area contributed by atoms with Gasteiger partial charge in [0.1, 0.15) is 12.2 Å². The molecule has 6 nitrogen and oxygen atoms in total. The number of hydrogen-bond donors (Lipinski definition) is 2. The summed E-state index contributed by atoms with van der Waals surface area (Å²) in [5.74, 6) is 0. The number of H-pyrrole nitrogens is 1. The first-order valence-corrected chi connectivity index (χ1v) is 7.02. The van der Waals surface area contributed by atoms with Gasteiger partial charge in [-0.1, -0.05) is 0 Å². The predicted octanol–water partition coefficient (Wildman–Crippen LogP) is 2.10. The minimum absolute atomic E-state index is 0.157. The van der Waals surface area contributed by atoms with Crippen LogP contribution >= 0.6 is 25.1 Å². The van der Waals surface area contributed by atoms with Crippen LogP contribution in [-0.2, 0) is 22.2 Å². The third kappa shape index (κ3) is 3.14. The van der Waals surface area contributed by atoms with Gasteiger partial charge in [-0.15, -0.1) is 0 Å². The Morgan fingerprint density at radius 3 is 2.90 bits per heavy atom. The van der Waals surface area contributed by atoms with E-state index in [9.17, 15) is 4.79 Å². The van der Waals surface area contributed by atoms with E-state index in [1.54, 1.807) is 10.8 Å². The van der Waals surface area contributed by atoms with Crippen LogP contribution in [0.1, 0.15) is 13.8 Å². The number of nitrogens with zero attached hydrogens (tertiary/aromatic N) is 2. The number of aromatic nitrogens is 3. The molecule has 2 rings (SSSR count). The second-order valence-corrected chi connectivity index (χ2v) is 5.25. The normalized spacial score (nSPS) is 11.6. The van der Waals surface area contributed by atoms with E-state index in [4.69, 9.17) is 21.1 Å². The van der Waals surface area contributed by atoms with Gasteiger partial charge in [-0.3, -0.25) is 14.0 Å². The number of ether oxygens (including phenoxy) is 1. The van der Waals surface area contributed by atoms with E-state index in [-0.39, 0.29) is 18.4 Å². The van der Waals surface area contributed by atoms with Gasteiger partial charge in [0.25, 0.3) is 5.56 Å². The summed E-state index contributed by atoms with van der Waals surface area (Å²) in [5, 5.41) is 0. The molecule has 0 aliphatic heterocycles. The maximum absolute atomic E-state index is 12.0. The Bertz CT molecular complexity index is 702. The summed E-state index contributed by atoms with van der Waals surface area (Å²) in [6.07, 6.45) is 1.93. The summed E-state index contributed by atoms with van der Waals surface area (Å²) in [6.45, 7) is 5.25. The van der Waals surface area contributed by atoms with Crippen molar-refractivity contribution in [1.82, 2.24) is 14.1 Å². The third-order valence-electron chi connectivity index (χ3n) is 2.88. The molecule has 2 aromatic rings. The van der Waals surface area contributed by atoms with Crippen molar-refractivity contribution in [3.63, 3.8) is 0 Å². The lowest BCUT2D eigenvalue weighted by Crippen LogP contribution is -2.19. The molecule has 110 valence electrons. The van der Waals surface area contributed by atoms with Crippen molar-refractivity contribution < 1.29 is 8.92 Å². The first-order valence-electron chi connectivity index (χ1n) is 6.24. The molecular formula is C12H17N3O3S2. The number of rotatable bonds is 6. The van der Waals surface area contributed by atoms with Crippen LogP contribution < -0.4 is 5.56 Å². The van der Waals surface area contributed by atoms with E-state index in [0.29, 0.717) is 23.4 Å². The lowest BCUT2D eigenvalue weighted by atomic mass is 10.4. The van der Waals surface area contributed by atoms with Crippen LogP contribution in [0.25, 0.3) is 11.0 Å². The van der Waals surface area contributed by atoms with Gasteiger partial charge in [-0.25, -0.2) is 0 Å². The van der Waals surface area contributed by atoms with Gasteiger partial charge >= 0.3 is 0 Å². The fourth-order valence-electron chi connectivity index (χ4n) is 2.03. The SMILES string of the molecule is CC(C)OCCn1c(=S)[nH]c(=O)c2c1ccn2COS. The minimum Gasteiger partial charge on any atom is -0.377 e. The highest BCUT2D eigenvalue weighted by Crippen LogP contribution is 2.12. The Hall–Kier alpha value is -1.09. The second kappa shape index (κ2) is 6.57. The van der Waals surface area contributed by atoms with Crippen molar-refractivity contribution in [3.8, 4) is 0 Å². The third-order valence-corrected chi connectivity index (χ3v) is 3.31. The van der Waals surface area contributed by atoms with E-state index in [1.165, 1.54) is 0 Å². The zero-order chi connectivity index (χ0) is 14.7. The maximum Gasteiger partial charge on any atom is 0.276 e. The van der Waals surface area contributed by atoms with E-state index >= 15 is 0 Å². The van der Waals surface area contributed by atoms with Gasteiger partial charge in [-0.05, 0) is 45.0 Å². The van der Waals surface area contributed by atoms with Crippen LogP contribution in [0, 0.1) is 4.77 Å². The van der Waals surface area contributed by atoms with Crippen LogP contribution in [0.2, 0.25) is 0 Å². The molecule has 0 spiro atoms. The van der Waals surface area contributed by atoms with Gasteiger partial charge in [0.05, 0.1) is 18.2 Å². The average Bonchev–Trinajstić information content (AvgIpc) is 2.77. The smallest absolute Gasteiger partial charge is 0.276 e. The van der Waals surface area contributed by atoms with Crippen molar-refractivity contribution in [2.45, 2.75) is 33.2 Å². The van der Waals surface area contributed by atoms with E-state index < -0.39 is 0 Å². The predicted molar refractivity (Wildman–Crippen MR) is 82.5 cm³/mol. The summed E-state index contributed by atoms with van der Waals surface area (Å²) in [7, 11) is 0. The molecule has 0 amide bonds. The largest absolute Gasteiger partial charge is 0.377 e. The summed E-state index contributed by atoms with van der Waals surface area (Å²) < 4.78 is 14.2. The van der Waals surface area contributed by atoms with Gasteiger partial charge < -0.3 is 13.9 Å². The van der Waals surface area contributed by atoms with E-state index in [1.807, 2.05) is 24.5 Å². The van der Waals surface area contributed by atoms with Crippen LogP contribution in [0.3, 0.4) is 0 Å². The van der Waals surface area contributed by atoms with Crippen LogP contribution in [0.5, 0.6) is 0 Å². The van der Waals surface area contributed by atoms with Crippen molar-refractivity contribution in [3.05, 3.63) is 27.4 Å². The first-order chi connectivity index (χ1) is 9.54. The fourth-order valence-corrected chi connectivity index (χ4v) is 2.44. The van der Waals surface area contributed by atoms with Crippen molar-refractivity contribution in [2.75, 3.05) is 6.61 Å². The van der Waals surface area contributed by atoms with Gasteiger partial charge in [0, 0.05) is 12.7 Å². The van der Waals surface area contributed by atoms with Crippen LogP contribution in [-0.4, -0.2) is 26.8 Å². The Labute approximate surface area is 126 Å². The monoisotopic (exact) mass is 315 g/mol. The zero-order valence-electron chi connectivity index (χ0n) is 11.3. The molecule has 20 heavy (non-hydrogen) atoms. The summed E-state index contributed by atoms with van der Waals surface area (Å²) >= 11 is 8.93. The van der Waals surface area contributed by atoms with Gasteiger partial charge in [0.2, 0.25) is 0 Å². The number of hydrogen-bond acceptors (Lipinski definition) is 5. The molecule has 2 heterocycles. The number of aromatic amines is 1. The Kier molecular flexibility index (Phi) is 5.03. The summed E-state index contributed by atoms with van der Waals surface area (Å²) in [6, 6.07) is 1.84. The Balaban J connectivity index is 2.44. The van der Waals surface area contributed by atoms with Crippen LogP contribution in [0.15, 0.2) is 17.1 Å². The maximum atomic E-state index is 12.0. The molecule has 0 bridgehead atoms. The fraction of sp³-hybridized carbons (Fsp3) is 0.500. The molecule has 0 aliphatic carbocycles. The quantitative estimate of drug-likeness (QED) is 0.487. The number of nitrogens with one attached hydrogen (secondary N) is 1. The molecule has 0 saturated carbocycles. The highest BCUT2D eigenvalue weighted by molar-refractivity contribution is 7.75. The number of fused-ring (bicyclic) bond motifs is 1. The molecule has 0 aromatic carbocycles. The standard InChI is InChI=1S/C12H17N3O3S2/c1-8(2)17-6-5-15-9-3-4-14(7-18-20)10(9)11(16)13-12(15)19/h3-4,8,20H,5-7H2,1-2H3,(H,13,16,19). The Morgan fingerprint density at radius 2 is 2.25 bits per heavy atom. The summed E-state index contributed by atoms with van der Waals surface area (Å²) in [5.41, 5.74) is 1.04. The lowest BCUT2D eigenvalue weighted by molar-refractivity contribution is 0.0729. The minimum atomic E-state index is -0.235. The van der Waals surface area contributed by atoms with Crippen molar-refractivity contribution >= 4 is 36.2 Å². The molecular weight excluding hydrogens is 298 g/mol. The summed E-state index contributed by atoms with van der Waals surface area (Å²) in [4.78, 5) is 14.7. The molecule has 0 aliphatic rings. The first kappa shape index (κ1) is 15.3. The molecule has 0 saturated heterocycles. The molecule has 0 unspecified atom stereocenters. The molecule has 1 N–H and O–H groups in total. The average molecular weight is 315 g/mol. The zero-order valence-corrected chi connectivity index (χ0v) is 13.0. The van der Waals surface area contributed by atoms with E-state index in [2.05, 4.69) is 17.9 Å². The highest BCUT2D eigenvalue weighted by Gasteiger charge is 2.10. The van der Waals surface area contributed by atoms with Crippen molar-refractivity contribution in [1.29, 1.82) is 0 Å².